The van der Waals surface area contributed by atoms with E-state index in [0.29, 0.717) is 0 Å². The first kappa shape index (κ1) is 81.2. The Bertz CT molecular complexity index is 2610. The summed E-state index contributed by atoms with van der Waals surface area (Å²) in [4.78, 5) is 185. The first-order valence-electron chi connectivity index (χ1n) is 32.5. The van der Waals surface area contributed by atoms with E-state index in [4.69, 9.17) is 4.74 Å². The van der Waals surface area contributed by atoms with Gasteiger partial charge in [0.2, 0.25) is 65.0 Å². The molecule has 2 rings (SSSR count). The van der Waals surface area contributed by atoms with Gasteiger partial charge in [0.15, 0.2) is 0 Å². The highest BCUT2D eigenvalue weighted by atomic mass is 16.6. The van der Waals surface area contributed by atoms with E-state index in [0.717, 1.165) is 24.5 Å². The maximum Gasteiger partial charge on any atom is 0.409 e. The molecule has 2 fully saturated rings. The van der Waals surface area contributed by atoms with Crippen LogP contribution in [0.4, 0.5) is 4.79 Å². The van der Waals surface area contributed by atoms with Crippen LogP contribution in [-0.4, -0.2) is 268 Å². The molecule has 524 valence electrons. The van der Waals surface area contributed by atoms with E-state index in [1.807, 2.05) is 41.5 Å². The van der Waals surface area contributed by atoms with Crippen LogP contribution in [0.15, 0.2) is 12.2 Å². The number of ether oxygens (including phenoxy) is 1. The summed E-state index contributed by atoms with van der Waals surface area (Å²) < 4.78 is 5.73. The lowest BCUT2D eigenvalue weighted by Gasteiger charge is -2.41. The molecule has 2 aliphatic heterocycles. The predicted molar refractivity (Wildman–Crippen MR) is 347 cm³/mol. The number of nitrogens with one attached hydrogen (secondary N) is 4. The average molecular weight is 1300 g/mol. The summed E-state index contributed by atoms with van der Waals surface area (Å²) in [5, 5.41) is 34.4. The molecule has 0 aliphatic carbocycles. The van der Waals surface area contributed by atoms with Crippen LogP contribution in [-0.2, 0) is 57.5 Å². The van der Waals surface area contributed by atoms with Gasteiger partial charge in [-0.1, -0.05) is 95.2 Å². The minimum absolute atomic E-state index is 0.0874. The molecule has 0 spiro atoms. The molecule has 0 bridgehead atoms. The Hall–Kier alpha value is -6.90. The molecule has 0 aromatic rings. The summed E-state index contributed by atoms with van der Waals surface area (Å²) in [7, 11) is 11.0. The van der Waals surface area contributed by atoms with E-state index < -0.39 is 174 Å². The summed E-state index contributed by atoms with van der Waals surface area (Å²) in [5.74, 6) is -11.2. The lowest BCUT2D eigenvalue weighted by atomic mass is 9.91. The Balaban J connectivity index is 3.11. The van der Waals surface area contributed by atoms with Crippen molar-refractivity contribution in [2.45, 2.75) is 234 Å². The van der Waals surface area contributed by atoms with Crippen LogP contribution < -0.4 is 21.3 Å². The van der Waals surface area contributed by atoms with Gasteiger partial charge in [-0.2, -0.15) is 0 Å². The third kappa shape index (κ3) is 21.1. The van der Waals surface area contributed by atoms with Gasteiger partial charge in [-0.3, -0.25) is 52.7 Å². The van der Waals surface area contributed by atoms with Crippen molar-refractivity contribution in [1.82, 2.24) is 60.5 Å². The number of hydrogen-bond donors (Lipinski definition) is 6. The van der Waals surface area contributed by atoms with Gasteiger partial charge in [0.05, 0.1) is 18.8 Å². The molecule has 15 atom stereocenters. The summed E-state index contributed by atoms with van der Waals surface area (Å²) in [6, 6.07) is -15.2. The fourth-order valence-electron chi connectivity index (χ4n) is 11.9. The van der Waals surface area contributed by atoms with E-state index in [9.17, 15) is 39.0 Å². The van der Waals surface area contributed by atoms with E-state index in [1.165, 1.54) is 91.9 Å². The summed E-state index contributed by atoms with van der Waals surface area (Å²) >= 11 is 0. The van der Waals surface area contributed by atoms with E-state index >= 15 is 28.8 Å². The van der Waals surface area contributed by atoms with Gasteiger partial charge in [-0.05, 0) is 95.3 Å². The molecule has 92 heavy (non-hydrogen) atoms. The fraction of sp³-hybridized carbons (Fsp3) is 0.785. The van der Waals surface area contributed by atoms with Crippen LogP contribution in [0.25, 0.3) is 0 Å². The number of amides is 12. The van der Waals surface area contributed by atoms with Crippen molar-refractivity contribution in [1.29, 1.82) is 0 Å². The van der Waals surface area contributed by atoms with Gasteiger partial charge in [0.1, 0.15) is 72.6 Å². The van der Waals surface area contributed by atoms with E-state index in [-0.39, 0.29) is 62.8 Å². The van der Waals surface area contributed by atoms with Gasteiger partial charge in [-0.25, -0.2) is 4.79 Å². The number of carbonyl (C=O) groups is 12. The number of allylic oxidation sites excluding steroid dienone is 2. The monoisotopic (exact) mass is 1300 g/mol. The Morgan fingerprint density at radius 2 is 1.00 bits per heavy atom. The number of nitrogens with zero attached hydrogens (tertiary/aromatic N) is 8. The molecule has 12 amide bonds. The predicted octanol–water partition coefficient (Wildman–Crippen LogP) is 1.81. The van der Waals surface area contributed by atoms with Crippen LogP contribution >= 0.6 is 0 Å². The minimum Gasteiger partial charge on any atom is -0.444 e. The molecule has 27 heteroatoms. The van der Waals surface area contributed by atoms with Gasteiger partial charge < -0.3 is 75.4 Å². The first-order valence-corrected chi connectivity index (χ1v) is 32.5. The molecule has 6 N–H and O–H groups in total. The van der Waals surface area contributed by atoms with Crippen molar-refractivity contribution in [2.24, 2.45) is 35.5 Å². The van der Waals surface area contributed by atoms with Crippen molar-refractivity contribution in [2.75, 3.05) is 62.9 Å². The Morgan fingerprint density at radius 1 is 0.543 bits per heavy atom. The van der Waals surface area contributed by atoms with Crippen molar-refractivity contribution in [3.05, 3.63) is 12.2 Å². The zero-order valence-electron chi connectivity index (χ0n) is 59.4. The lowest BCUT2D eigenvalue weighted by molar-refractivity contribution is -0.157. The van der Waals surface area contributed by atoms with Crippen molar-refractivity contribution in [3.8, 4) is 0 Å². The highest BCUT2D eigenvalue weighted by Crippen LogP contribution is 2.28. The average Bonchev–Trinajstić information content (AvgIpc) is 1.40. The zero-order valence-corrected chi connectivity index (χ0v) is 59.4. The highest BCUT2D eigenvalue weighted by molar-refractivity contribution is 6.00. The largest absolute Gasteiger partial charge is 0.444 e. The van der Waals surface area contributed by atoms with Crippen LogP contribution in [0.2, 0.25) is 0 Å². The Morgan fingerprint density at radius 3 is 1.47 bits per heavy atom. The van der Waals surface area contributed by atoms with Crippen LogP contribution in [0.5, 0.6) is 0 Å². The second-order valence-electron chi connectivity index (χ2n) is 27.5. The summed E-state index contributed by atoms with van der Waals surface area (Å²) in [5.41, 5.74) is 0. The third-order valence-corrected chi connectivity index (χ3v) is 17.4. The van der Waals surface area contributed by atoms with Gasteiger partial charge in [-0.15, -0.1) is 0 Å². The third-order valence-electron chi connectivity index (χ3n) is 17.4. The van der Waals surface area contributed by atoms with Gasteiger partial charge >= 0.3 is 6.09 Å². The quantitative estimate of drug-likeness (QED) is 0.127. The number of likely N-dealkylation sites (N-methyl/N-ethyl adjacent to an activating group) is 6. The summed E-state index contributed by atoms with van der Waals surface area (Å²) in [6.07, 6.45) is -1.44. The van der Waals surface area contributed by atoms with Gasteiger partial charge in [0.25, 0.3) is 0 Å². The topological polar surface area (TPSA) is 329 Å². The standard InChI is InChI=1S/C65H114N12O15/c1-25-27-28-39(13)53(79)52-57(83)68-44(26-2)59(85)77-33-43(92-65(91)70(17)18)32-48(77)62(88)75(23)51(42(16)78)56(82)69-49(37(9)10)63(89)71(19)45(29-34(3)4)55(81)66-40(14)54(80)67-41(15)58(84)72(20)46(30-35(5)6)60(86)73(21)47(31-36(7)8)61(87)74(22)50(38(11)12)64(90)76(52)24/h25,27,34-53,78-79H,26,28-33H2,1-24H3,(H,66,81)(H,67,80)(H,68,83)(H,69,82)/b27-25+/t39-,40+,41-,42-,43?,44+,45+,46+,47+,48-,49+,50+,51?,52+,53-/m1/s1. The number of hydrogen-bond acceptors (Lipinski definition) is 15. The maximum absolute atomic E-state index is 15.3. The molecule has 0 aromatic carbocycles. The zero-order chi connectivity index (χ0) is 71.0. The van der Waals surface area contributed by atoms with Crippen LogP contribution in [0.1, 0.15) is 149 Å². The molecule has 2 saturated heterocycles. The number of aliphatic hydroxyl groups excluding tert-OH is 2. The summed E-state index contributed by atoms with van der Waals surface area (Å²) in [6.45, 7) is 26.4. The molecule has 0 radical (unpaired) electrons. The Labute approximate surface area is 546 Å². The van der Waals surface area contributed by atoms with E-state index in [1.54, 1.807) is 60.6 Å². The fourth-order valence-corrected chi connectivity index (χ4v) is 11.9. The van der Waals surface area contributed by atoms with E-state index in [2.05, 4.69) is 21.3 Å². The lowest BCUT2D eigenvalue weighted by Crippen LogP contribution is -2.64. The number of aliphatic hydroxyl groups is 2. The molecular weight excluding hydrogens is 1190 g/mol. The second-order valence-corrected chi connectivity index (χ2v) is 27.5. The van der Waals surface area contributed by atoms with Crippen LogP contribution in [0, 0.1) is 35.5 Å². The highest BCUT2D eigenvalue weighted by Gasteiger charge is 2.49. The molecular formula is C65H114N12O15. The molecule has 2 unspecified atom stereocenters. The van der Waals surface area contributed by atoms with Crippen molar-refractivity contribution >= 4 is 71.1 Å². The van der Waals surface area contributed by atoms with Crippen LogP contribution in [0.3, 0.4) is 0 Å². The molecule has 2 heterocycles. The smallest absolute Gasteiger partial charge is 0.409 e. The first-order chi connectivity index (χ1) is 42.5. The number of rotatable bonds is 15. The van der Waals surface area contributed by atoms with Crippen molar-refractivity contribution in [3.63, 3.8) is 0 Å². The second kappa shape index (κ2) is 36.0. The van der Waals surface area contributed by atoms with Crippen molar-refractivity contribution < 1.29 is 72.5 Å². The van der Waals surface area contributed by atoms with Gasteiger partial charge in [0, 0.05) is 62.8 Å². The molecule has 27 nitrogen and oxygen atoms in total. The number of carbonyl (C=O) groups excluding carboxylic acids is 12. The molecule has 2 aliphatic rings. The minimum atomic E-state index is -1.72. The SMILES string of the molecule is C/C=C/C[C@@H](C)[C@@H](O)[C@H]1C(=O)N[C@@H](CC)C(=O)N2CC(OC(=O)N(C)C)C[C@@H]2C(=O)N(C)C([C@@H](C)O)C(=O)N[C@@H](C(C)C)C(=O)N(C)[C@@H](CC(C)C)C(=O)N[C@@H](C)C(=O)N[C@H](C)C(=O)N(C)[C@@H](CC(C)C)C(=O)N(C)[C@@H](CC(C)C)C(=O)N(C)[C@@H](C(C)C)C(=O)N1C. The number of fused-ring (bicyclic) bond motifs is 1. The Kier molecular flexibility index (Phi) is 31.7. The maximum atomic E-state index is 15.3. The molecule has 0 aromatic heterocycles. The normalized spacial score (nSPS) is 28.2. The molecule has 0 saturated carbocycles.